The minimum absolute atomic E-state index is 0.00364. The zero-order valence-corrected chi connectivity index (χ0v) is 11.7. The van der Waals surface area contributed by atoms with Crippen molar-refractivity contribution in [1.82, 2.24) is 15.0 Å². The molecule has 3 atom stereocenters. The van der Waals surface area contributed by atoms with E-state index in [1.165, 1.54) is 6.42 Å². The van der Waals surface area contributed by atoms with Crippen molar-refractivity contribution >= 4 is 23.0 Å². The number of aromatic nitrogens is 1. The molecule has 3 unspecified atom stereocenters. The molecule has 4 nitrogen and oxygen atoms in total. The van der Waals surface area contributed by atoms with Gasteiger partial charge < -0.3 is 15.0 Å². The fourth-order valence-electron chi connectivity index (χ4n) is 3.47. The Kier molecular flexibility index (Phi) is 2.75. The van der Waals surface area contributed by atoms with Gasteiger partial charge in [0.25, 0.3) is 5.91 Å². The number of pyridine rings is 1. The van der Waals surface area contributed by atoms with Gasteiger partial charge in [0.2, 0.25) is 0 Å². The Morgan fingerprint density at radius 2 is 2.25 bits per heavy atom. The lowest BCUT2D eigenvalue weighted by Crippen LogP contribution is -2.47. The third-order valence-electron chi connectivity index (χ3n) is 4.47. The lowest BCUT2D eigenvalue weighted by Gasteiger charge is -2.24. The molecule has 3 heterocycles. The number of carbonyl (C=O) groups is 1. The maximum Gasteiger partial charge on any atom is 0.253 e. The van der Waals surface area contributed by atoms with Crippen molar-refractivity contribution in [2.45, 2.75) is 24.9 Å². The largest absolute Gasteiger partial charge is 0.348 e. The third-order valence-corrected chi connectivity index (χ3v) is 4.67. The molecule has 5 heteroatoms. The fraction of sp³-hybridized carbons (Fsp3) is 0.400. The van der Waals surface area contributed by atoms with Crippen LogP contribution in [0.25, 0.3) is 5.52 Å². The molecule has 104 valence electrons. The first-order valence-electron chi connectivity index (χ1n) is 7.00. The van der Waals surface area contributed by atoms with E-state index in [9.17, 15) is 4.79 Å². The molecule has 2 fully saturated rings. The van der Waals surface area contributed by atoms with Crippen LogP contribution in [0.2, 0.25) is 5.02 Å². The van der Waals surface area contributed by atoms with Crippen LogP contribution in [0.5, 0.6) is 0 Å². The van der Waals surface area contributed by atoms with Gasteiger partial charge in [-0.3, -0.25) is 4.79 Å². The molecular formula is C15H16ClN3O. The molecule has 1 saturated heterocycles. The molecule has 0 aromatic carbocycles. The molecule has 2 aromatic heterocycles. The number of carbonyl (C=O) groups excluding carboxylic acids is 1. The van der Waals surface area contributed by atoms with Gasteiger partial charge >= 0.3 is 0 Å². The molecule has 0 radical (unpaired) electrons. The Morgan fingerprint density at radius 3 is 3.00 bits per heavy atom. The van der Waals surface area contributed by atoms with Gasteiger partial charge in [0.1, 0.15) is 0 Å². The fourth-order valence-corrected chi connectivity index (χ4v) is 3.69. The van der Waals surface area contributed by atoms with Crippen LogP contribution < -0.4 is 10.6 Å². The standard InChI is InChI=1S/C15H16ClN3O/c16-11-5-12-2-1-10(7-19(12)8-11)15(20)18-14-4-9-3-13(14)17-6-9/h1-2,5,7-9,13-14,17H,3-4,6H2,(H,18,20). The van der Waals surface area contributed by atoms with Crippen LogP contribution in [-0.2, 0) is 0 Å². The smallest absolute Gasteiger partial charge is 0.253 e. The van der Waals surface area contributed by atoms with Crippen LogP contribution in [0.1, 0.15) is 23.2 Å². The molecular weight excluding hydrogens is 274 g/mol. The molecule has 1 aliphatic carbocycles. The highest BCUT2D eigenvalue weighted by molar-refractivity contribution is 6.31. The van der Waals surface area contributed by atoms with Gasteiger partial charge in [-0.05, 0) is 43.5 Å². The van der Waals surface area contributed by atoms with E-state index in [-0.39, 0.29) is 11.9 Å². The number of fused-ring (bicyclic) bond motifs is 3. The predicted molar refractivity (Wildman–Crippen MR) is 78.2 cm³/mol. The summed E-state index contributed by atoms with van der Waals surface area (Å²) in [5, 5.41) is 7.29. The molecule has 2 N–H and O–H groups in total. The monoisotopic (exact) mass is 289 g/mol. The summed E-state index contributed by atoms with van der Waals surface area (Å²) in [6.07, 6.45) is 5.93. The van der Waals surface area contributed by atoms with E-state index in [0.717, 1.165) is 24.4 Å². The molecule has 2 bridgehead atoms. The quantitative estimate of drug-likeness (QED) is 0.889. The van der Waals surface area contributed by atoms with Gasteiger partial charge in [-0.25, -0.2) is 0 Å². The van der Waals surface area contributed by atoms with Crippen LogP contribution in [0.4, 0.5) is 0 Å². The topological polar surface area (TPSA) is 45.5 Å². The SMILES string of the molecule is O=C(NC1CC2CNC1C2)c1ccc2cc(Cl)cn2c1. The lowest BCUT2D eigenvalue weighted by atomic mass is 10.1. The normalized spacial score (nSPS) is 28.1. The first-order valence-corrected chi connectivity index (χ1v) is 7.38. The Labute approximate surface area is 122 Å². The van der Waals surface area contributed by atoms with E-state index in [2.05, 4.69) is 10.6 Å². The summed E-state index contributed by atoms with van der Waals surface area (Å²) in [6.45, 7) is 1.10. The number of nitrogens with one attached hydrogen (secondary N) is 2. The molecule has 2 aliphatic rings. The minimum atomic E-state index is -0.00364. The second-order valence-electron chi connectivity index (χ2n) is 5.84. The highest BCUT2D eigenvalue weighted by atomic mass is 35.5. The van der Waals surface area contributed by atoms with Crippen molar-refractivity contribution in [3.63, 3.8) is 0 Å². The first kappa shape index (κ1) is 12.2. The molecule has 20 heavy (non-hydrogen) atoms. The Hall–Kier alpha value is -1.52. The van der Waals surface area contributed by atoms with Gasteiger partial charge in [-0.1, -0.05) is 11.6 Å². The zero-order chi connectivity index (χ0) is 13.7. The van der Waals surface area contributed by atoms with Crippen LogP contribution in [0.3, 0.4) is 0 Å². The van der Waals surface area contributed by atoms with Gasteiger partial charge in [0.15, 0.2) is 0 Å². The van der Waals surface area contributed by atoms with Crippen molar-refractivity contribution in [2.24, 2.45) is 5.92 Å². The van der Waals surface area contributed by atoms with E-state index >= 15 is 0 Å². The molecule has 2 aromatic rings. The van der Waals surface area contributed by atoms with E-state index in [1.54, 1.807) is 0 Å². The summed E-state index contributed by atoms with van der Waals surface area (Å²) in [6, 6.07) is 6.36. The van der Waals surface area contributed by atoms with Crippen molar-refractivity contribution in [3.8, 4) is 0 Å². The van der Waals surface area contributed by atoms with Crippen LogP contribution in [-0.4, -0.2) is 28.9 Å². The first-order chi connectivity index (χ1) is 9.69. The summed E-state index contributed by atoms with van der Waals surface area (Å²) < 4.78 is 1.89. The van der Waals surface area contributed by atoms with Crippen LogP contribution in [0.15, 0.2) is 30.6 Å². The summed E-state index contributed by atoms with van der Waals surface area (Å²) in [5.74, 6) is 0.729. The van der Waals surface area contributed by atoms with Crippen molar-refractivity contribution in [1.29, 1.82) is 0 Å². The Morgan fingerprint density at radius 1 is 1.35 bits per heavy atom. The maximum atomic E-state index is 12.3. The van der Waals surface area contributed by atoms with Gasteiger partial charge in [-0.2, -0.15) is 0 Å². The van der Waals surface area contributed by atoms with Gasteiger partial charge in [-0.15, -0.1) is 0 Å². The van der Waals surface area contributed by atoms with Gasteiger partial charge in [0, 0.05) is 30.0 Å². The van der Waals surface area contributed by atoms with E-state index in [0.29, 0.717) is 16.6 Å². The Bertz CT molecular complexity index is 681. The zero-order valence-electron chi connectivity index (χ0n) is 11.0. The predicted octanol–water partition coefficient (Wildman–Crippen LogP) is 2.07. The lowest BCUT2D eigenvalue weighted by molar-refractivity contribution is 0.0928. The van der Waals surface area contributed by atoms with Crippen LogP contribution in [0, 0.1) is 5.92 Å². The van der Waals surface area contributed by atoms with E-state index in [1.807, 2.05) is 35.0 Å². The second-order valence-corrected chi connectivity index (χ2v) is 6.28. The van der Waals surface area contributed by atoms with Crippen molar-refractivity contribution in [3.05, 3.63) is 41.2 Å². The van der Waals surface area contributed by atoms with Crippen molar-refractivity contribution < 1.29 is 4.79 Å². The number of hydrogen-bond donors (Lipinski definition) is 2. The number of amides is 1. The molecule has 1 aliphatic heterocycles. The number of hydrogen-bond acceptors (Lipinski definition) is 2. The third kappa shape index (κ3) is 2.00. The molecule has 0 spiro atoms. The van der Waals surface area contributed by atoms with E-state index in [4.69, 9.17) is 11.6 Å². The summed E-state index contributed by atoms with van der Waals surface area (Å²) >= 11 is 5.97. The highest BCUT2D eigenvalue weighted by Gasteiger charge is 2.40. The van der Waals surface area contributed by atoms with E-state index < -0.39 is 0 Å². The number of piperidine rings is 1. The van der Waals surface area contributed by atoms with Crippen molar-refractivity contribution in [2.75, 3.05) is 6.54 Å². The number of halogens is 1. The molecule has 4 rings (SSSR count). The Balaban J connectivity index is 1.54. The second kappa shape index (κ2) is 4.50. The maximum absolute atomic E-state index is 12.3. The highest BCUT2D eigenvalue weighted by Crippen LogP contribution is 2.31. The number of rotatable bonds is 2. The average molecular weight is 290 g/mol. The summed E-state index contributed by atoms with van der Waals surface area (Å²) in [5.41, 5.74) is 1.67. The minimum Gasteiger partial charge on any atom is -0.348 e. The average Bonchev–Trinajstić information content (AvgIpc) is 3.10. The molecule has 1 saturated carbocycles. The van der Waals surface area contributed by atoms with Crippen LogP contribution >= 0.6 is 11.6 Å². The molecule has 1 amide bonds. The summed E-state index contributed by atoms with van der Waals surface area (Å²) in [4.78, 5) is 12.3. The van der Waals surface area contributed by atoms with Gasteiger partial charge in [0.05, 0.1) is 10.6 Å². The number of nitrogens with zero attached hydrogens (tertiary/aromatic N) is 1. The summed E-state index contributed by atoms with van der Waals surface area (Å²) in [7, 11) is 0.